The molecule has 0 spiro atoms. The van der Waals surface area contributed by atoms with Gasteiger partial charge in [-0.25, -0.2) is 5.48 Å². The second-order valence-corrected chi connectivity index (χ2v) is 7.71. The first kappa shape index (κ1) is 23.0. The maximum Gasteiger partial charge on any atom is 0.274 e. The molecule has 0 aliphatic carbocycles. The third-order valence-corrected chi connectivity index (χ3v) is 6.12. The molecule has 1 atom stereocenters. The average Bonchev–Trinajstić information content (AvgIpc) is 3.11. The van der Waals surface area contributed by atoms with Gasteiger partial charge in [0.1, 0.15) is 5.75 Å². The Hall–Kier alpha value is -2.65. The molecule has 1 aromatic heterocycles. The lowest BCUT2D eigenvalue weighted by Crippen LogP contribution is -2.37. The summed E-state index contributed by atoms with van der Waals surface area (Å²) in [5.41, 5.74) is 6.67. The third kappa shape index (κ3) is 4.24. The Morgan fingerprint density at radius 1 is 1.29 bits per heavy atom. The van der Waals surface area contributed by atoms with E-state index in [9.17, 15) is 4.79 Å². The van der Waals surface area contributed by atoms with Crippen molar-refractivity contribution < 1.29 is 14.7 Å². The highest BCUT2D eigenvalue weighted by Gasteiger charge is 2.30. The summed E-state index contributed by atoms with van der Waals surface area (Å²) in [6.45, 7) is 2.19. The van der Waals surface area contributed by atoms with Crippen molar-refractivity contribution in [2.45, 2.75) is 19.0 Å². The molecule has 4 rings (SSSR count). The van der Waals surface area contributed by atoms with Crippen LogP contribution in [0.4, 0.5) is 0 Å². The van der Waals surface area contributed by atoms with E-state index in [1.807, 2.05) is 25.2 Å². The number of rotatable bonds is 5. The molecule has 1 aliphatic heterocycles. The van der Waals surface area contributed by atoms with Crippen LogP contribution < -0.4 is 20.9 Å². The van der Waals surface area contributed by atoms with E-state index in [1.165, 1.54) is 11.3 Å². The smallest absolute Gasteiger partial charge is 0.274 e. The lowest BCUT2D eigenvalue weighted by molar-refractivity contribution is 0.0706. The number of nitrogens with zero attached hydrogens (tertiary/aromatic N) is 1. The van der Waals surface area contributed by atoms with Gasteiger partial charge in [0.2, 0.25) is 0 Å². The van der Waals surface area contributed by atoms with Crippen LogP contribution in [0, 0.1) is 0 Å². The van der Waals surface area contributed by atoms with E-state index < -0.39 is 5.91 Å². The van der Waals surface area contributed by atoms with Crippen LogP contribution in [0.3, 0.4) is 0 Å². The number of hydroxylamine groups is 1. The van der Waals surface area contributed by atoms with Crippen LogP contribution in [0.2, 0.25) is 0 Å². The highest BCUT2D eigenvalue weighted by molar-refractivity contribution is 7.80. The normalized spacial score (nSPS) is 15.0. The summed E-state index contributed by atoms with van der Waals surface area (Å²) in [6.07, 6.45) is 0. The highest BCUT2D eigenvalue weighted by atomic mass is 35.5. The number of fused-ring (bicyclic) bond motifs is 3. The van der Waals surface area contributed by atoms with Gasteiger partial charge in [-0.15, -0.1) is 12.4 Å². The van der Waals surface area contributed by atoms with Crippen molar-refractivity contribution in [3.05, 3.63) is 64.8 Å². The predicted molar refractivity (Wildman–Crippen MR) is 127 cm³/mol. The quantitative estimate of drug-likeness (QED) is 0.266. The standard InChI is InChI=1S/C22H24N4O3S.ClH/c1-23-22(30)17-10-24-11-19-20(17)16-9-15(29-2)7-8-18(16)26(19)12-13-3-5-14(6-4-13)21(27)25-28;/h3-9,17,24,28H,10-12H2,1-2H3,(H,23,30)(H,25,27);1H. The Morgan fingerprint density at radius 3 is 2.68 bits per heavy atom. The van der Waals surface area contributed by atoms with E-state index in [0.717, 1.165) is 40.3 Å². The molecule has 31 heavy (non-hydrogen) atoms. The number of benzene rings is 2. The van der Waals surface area contributed by atoms with Gasteiger partial charge in [0.15, 0.2) is 0 Å². The van der Waals surface area contributed by atoms with Crippen LogP contribution in [0.15, 0.2) is 42.5 Å². The van der Waals surface area contributed by atoms with Crippen LogP contribution in [0.1, 0.15) is 33.1 Å². The summed E-state index contributed by atoms with van der Waals surface area (Å²) in [6, 6.07) is 13.3. The van der Waals surface area contributed by atoms with Crippen molar-refractivity contribution >= 4 is 46.4 Å². The Morgan fingerprint density at radius 2 is 2.03 bits per heavy atom. The minimum Gasteiger partial charge on any atom is -0.497 e. The molecule has 4 N–H and O–H groups in total. The number of hydrogen-bond acceptors (Lipinski definition) is 5. The summed E-state index contributed by atoms with van der Waals surface area (Å²) >= 11 is 5.61. The van der Waals surface area contributed by atoms with E-state index >= 15 is 0 Å². The van der Waals surface area contributed by atoms with Gasteiger partial charge in [0.25, 0.3) is 5.91 Å². The van der Waals surface area contributed by atoms with Crippen LogP contribution in [-0.2, 0) is 13.1 Å². The summed E-state index contributed by atoms with van der Waals surface area (Å²) in [5.74, 6) is 0.375. The minimum atomic E-state index is -0.523. The van der Waals surface area contributed by atoms with Crippen molar-refractivity contribution in [1.82, 2.24) is 20.7 Å². The van der Waals surface area contributed by atoms with E-state index in [0.29, 0.717) is 12.1 Å². The lowest BCUT2D eigenvalue weighted by Gasteiger charge is -2.26. The lowest BCUT2D eigenvalue weighted by atomic mass is 9.92. The van der Waals surface area contributed by atoms with E-state index in [2.05, 4.69) is 27.3 Å². The highest BCUT2D eigenvalue weighted by Crippen LogP contribution is 2.37. The summed E-state index contributed by atoms with van der Waals surface area (Å²) in [5, 5.41) is 16.6. The number of thiocarbonyl (C=S) groups is 1. The van der Waals surface area contributed by atoms with Gasteiger partial charge in [-0.2, -0.15) is 0 Å². The zero-order valence-electron chi connectivity index (χ0n) is 17.3. The van der Waals surface area contributed by atoms with Gasteiger partial charge >= 0.3 is 0 Å². The van der Waals surface area contributed by atoms with Gasteiger partial charge in [0, 0.05) is 54.8 Å². The van der Waals surface area contributed by atoms with Crippen LogP contribution in [0.25, 0.3) is 10.9 Å². The fourth-order valence-electron chi connectivity index (χ4n) is 4.14. The number of amides is 1. The minimum absolute atomic E-state index is 0. The molecule has 9 heteroatoms. The molecule has 0 saturated heterocycles. The fourth-order valence-corrected chi connectivity index (χ4v) is 4.34. The second kappa shape index (κ2) is 9.65. The number of carbonyl (C=O) groups excluding carboxylic acids is 1. The molecular formula is C22H25ClN4O3S. The number of nitrogens with one attached hydrogen (secondary N) is 3. The molecular weight excluding hydrogens is 436 g/mol. The molecule has 2 aromatic carbocycles. The summed E-state index contributed by atoms with van der Waals surface area (Å²) < 4.78 is 7.77. The molecule has 3 aromatic rings. The number of hydrogen-bond donors (Lipinski definition) is 4. The molecule has 0 saturated carbocycles. The van der Waals surface area contributed by atoms with Gasteiger partial charge in [-0.3, -0.25) is 10.0 Å². The molecule has 1 unspecified atom stereocenters. The summed E-state index contributed by atoms with van der Waals surface area (Å²) in [4.78, 5) is 12.4. The number of likely N-dealkylation sites (N-methyl/N-ethyl adjacent to an activating group) is 1. The molecule has 1 amide bonds. The number of methoxy groups -OCH3 is 1. The molecule has 164 valence electrons. The summed E-state index contributed by atoms with van der Waals surface area (Å²) in [7, 11) is 3.53. The number of ether oxygens (including phenoxy) is 1. The van der Waals surface area contributed by atoms with E-state index in [1.54, 1.807) is 24.7 Å². The molecule has 2 heterocycles. The first-order chi connectivity index (χ1) is 14.6. The SMILES string of the molecule is CNC(=S)C1CNCc2c1c1cc(OC)ccc1n2Cc1ccc(C(=O)NO)cc1.Cl. The first-order valence-electron chi connectivity index (χ1n) is 9.72. The van der Waals surface area contributed by atoms with Crippen LogP contribution >= 0.6 is 24.6 Å². The van der Waals surface area contributed by atoms with Crippen molar-refractivity contribution in [3.8, 4) is 5.75 Å². The molecule has 7 nitrogen and oxygen atoms in total. The Labute approximate surface area is 192 Å². The second-order valence-electron chi connectivity index (χ2n) is 7.27. The average molecular weight is 461 g/mol. The van der Waals surface area contributed by atoms with Crippen molar-refractivity contribution in [2.75, 3.05) is 20.7 Å². The monoisotopic (exact) mass is 460 g/mol. The van der Waals surface area contributed by atoms with Crippen molar-refractivity contribution in [3.63, 3.8) is 0 Å². The maximum atomic E-state index is 11.6. The fraction of sp³-hybridized carbons (Fsp3) is 0.273. The molecule has 0 bridgehead atoms. The number of aromatic nitrogens is 1. The maximum absolute atomic E-state index is 11.6. The van der Waals surface area contributed by atoms with Gasteiger partial charge in [0.05, 0.1) is 12.1 Å². The van der Waals surface area contributed by atoms with E-state index in [4.69, 9.17) is 22.2 Å². The molecule has 0 fully saturated rings. The zero-order chi connectivity index (χ0) is 21.3. The van der Waals surface area contributed by atoms with E-state index in [-0.39, 0.29) is 18.3 Å². The van der Waals surface area contributed by atoms with Crippen LogP contribution in [-0.4, -0.2) is 41.4 Å². The van der Waals surface area contributed by atoms with Gasteiger partial charge in [-0.05, 0) is 41.5 Å². The van der Waals surface area contributed by atoms with Gasteiger partial charge < -0.3 is 19.9 Å². The predicted octanol–water partition coefficient (Wildman–Crippen LogP) is 2.97. The topological polar surface area (TPSA) is 87.5 Å². The van der Waals surface area contributed by atoms with Gasteiger partial charge in [-0.1, -0.05) is 24.4 Å². The zero-order valence-corrected chi connectivity index (χ0v) is 18.9. The largest absolute Gasteiger partial charge is 0.497 e. The number of carbonyl (C=O) groups is 1. The Bertz CT molecular complexity index is 1110. The molecule has 1 aliphatic rings. The Kier molecular flexibility index (Phi) is 7.17. The molecule has 0 radical (unpaired) electrons. The Balaban J connectivity index is 0.00000272. The number of halogens is 1. The third-order valence-electron chi connectivity index (χ3n) is 5.63. The van der Waals surface area contributed by atoms with Crippen molar-refractivity contribution in [1.29, 1.82) is 0 Å². The first-order valence-corrected chi connectivity index (χ1v) is 10.1. The van der Waals surface area contributed by atoms with Crippen LogP contribution in [0.5, 0.6) is 5.75 Å². The van der Waals surface area contributed by atoms with Crippen molar-refractivity contribution in [2.24, 2.45) is 0 Å².